The van der Waals surface area contributed by atoms with E-state index in [4.69, 9.17) is 4.74 Å². The van der Waals surface area contributed by atoms with E-state index in [9.17, 15) is 5.11 Å². The second-order valence-electron chi connectivity index (χ2n) is 4.72. The summed E-state index contributed by atoms with van der Waals surface area (Å²) in [5.74, 6) is 0. The van der Waals surface area contributed by atoms with Crippen molar-refractivity contribution in [2.24, 2.45) is 0 Å². The van der Waals surface area contributed by atoms with Crippen molar-refractivity contribution >= 4 is 15.9 Å². The molecule has 0 aromatic heterocycles. The van der Waals surface area contributed by atoms with Gasteiger partial charge >= 0.3 is 0 Å². The zero-order valence-corrected chi connectivity index (χ0v) is 12.8. The summed E-state index contributed by atoms with van der Waals surface area (Å²) in [6, 6.07) is 8.39. The van der Waals surface area contributed by atoms with Crippen molar-refractivity contribution in [3.8, 4) is 0 Å². The molecule has 0 saturated carbocycles. The highest BCUT2D eigenvalue weighted by atomic mass is 79.9. The zero-order chi connectivity index (χ0) is 13.5. The van der Waals surface area contributed by atoms with Crippen molar-refractivity contribution in [3.05, 3.63) is 34.3 Å². The molecule has 1 aromatic carbocycles. The van der Waals surface area contributed by atoms with Gasteiger partial charge in [0.15, 0.2) is 0 Å². The number of ether oxygens (including phenoxy) is 1. The molecular formula is C14H22BrNO2. The van der Waals surface area contributed by atoms with Gasteiger partial charge in [-0.25, -0.2) is 0 Å². The monoisotopic (exact) mass is 315 g/mol. The van der Waals surface area contributed by atoms with E-state index in [0.717, 1.165) is 4.47 Å². The summed E-state index contributed by atoms with van der Waals surface area (Å²) in [5, 5.41) is 13.0. The standard InChI is InChI=1S/C14H22BrNO2/c1-10(2)18-9-14(17)8-16-11(3)12-4-6-13(15)7-5-12/h4-7,10-11,14,16-17H,8-9H2,1-3H3/t11-,14?/m0/s1. The van der Waals surface area contributed by atoms with E-state index in [1.54, 1.807) is 0 Å². The largest absolute Gasteiger partial charge is 0.389 e. The molecule has 1 rings (SSSR count). The molecule has 4 heteroatoms. The number of halogens is 1. The van der Waals surface area contributed by atoms with Gasteiger partial charge in [0.1, 0.15) is 0 Å². The SMILES string of the molecule is CC(C)OCC(O)CN[C@@H](C)c1ccc(Br)cc1. The predicted octanol–water partition coefficient (Wildman–Crippen LogP) is 2.89. The fourth-order valence-electron chi connectivity index (χ4n) is 1.54. The van der Waals surface area contributed by atoms with Gasteiger partial charge in [0, 0.05) is 17.1 Å². The van der Waals surface area contributed by atoms with E-state index < -0.39 is 6.10 Å². The molecule has 2 atom stereocenters. The quantitative estimate of drug-likeness (QED) is 0.813. The maximum atomic E-state index is 9.74. The average Bonchev–Trinajstić information content (AvgIpc) is 2.34. The third-order valence-electron chi connectivity index (χ3n) is 2.65. The molecule has 0 amide bonds. The van der Waals surface area contributed by atoms with Gasteiger partial charge in [-0.05, 0) is 38.5 Å². The fourth-order valence-corrected chi connectivity index (χ4v) is 1.81. The number of nitrogens with one attached hydrogen (secondary N) is 1. The predicted molar refractivity (Wildman–Crippen MR) is 77.7 cm³/mol. The van der Waals surface area contributed by atoms with Gasteiger partial charge in [-0.1, -0.05) is 28.1 Å². The van der Waals surface area contributed by atoms with Crippen LogP contribution in [0.4, 0.5) is 0 Å². The highest BCUT2D eigenvalue weighted by Gasteiger charge is 2.09. The number of hydrogen-bond acceptors (Lipinski definition) is 3. The number of hydrogen-bond donors (Lipinski definition) is 2. The van der Waals surface area contributed by atoms with Crippen molar-refractivity contribution in [2.45, 2.75) is 39.0 Å². The van der Waals surface area contributed by atoms with Crippen LogP contribution in [0.1, 0.15) is 32.4 Å². The third-order valence-corrected chi connectivity index (χ3v) is 3.18. The summed E-state index contributed by atoms with van der Waals surface area (Å²) in [4.78, 5) is 0. The Morgan fingerprint density at radius 2 is 1.83 bits per heavy atom. The summed E-state index contributed by atoms with van der Waals surface area (Å²) in [5.41, 5.74) is 1.20. The zero-order valence-electron chi connectivity index (χ0n) is 11.2. The molecule has 0 aliphatic rings. The Bertz CT molecular complexity index is 340. The molecule has 1 aromatic rings. The molecule has 2 N–H and O–H groups in total. The van der Waals surface area contributed by atoms with E-state index in [-0.39, 0.29) is 12.1 Å². The Balaban J connectivity index is 2.32. The second kappa shape index (κ2) is 7.89. The van der Waals surface area contributed by atoms with Crippen LogP contribution in [0.15, 0.2) is 28.7 Å². The minimum absolute atomic E-state index is 0.156. The molecule has 102 valence electrons. The van der Waals surface area contributed by atoms with E-state index >= 15 is 0 Å². The van der Waals surface area contributed by atoms with Gasteiger partial charge in [0.25, 0.3) is 0 Å². The maximum Gasteiger partial charge on any atom is 0.0898 e. The first-order valence-electron chi connectivity index (χ1n) is 6.27. The molecule has 0 radical (unpaired) electrons. The van der Waals surface area contributed by atoms with Crippen molar-refractivity contribution in [1.82, 2.24) is 5.32 Å². The normalized spacial score (nSPS) is 14.8. The third kappa shape index (κ3) is 5.96. The summed E-state index contributed by atoms with van der Waals surface area (Å²) >= 11 is 3.41. The lowest BCUT2D eigenvalue weighted by molar-refractivity contribution is 0.00560. The van der Waals surface area contributed by atoms with Crippen LogP contribution in [-0.2, 0) is 4.74 Å². The maximum absolute atomic E-state index is 9.74. The molecular weight excluding hydrogens is 294 g/mol. The van der Waals surface area contributed by atoms with Crippen LogP contribution in [-0.4, -0.2) is 30.5 Å². The highest BCUT2D eigenvalue weighted by Crippen LogP contribution is 2.16. The van der Waals surface area contributed by atoms with Crippen LogP contribution in [0.25, 0.3) is 0 Å². The van der Waals surface area contributed by atoms with Crippen molar-refractivity contribution < 1.29 is 9.84 Å². The first-order valence-corrected chi connectivity index (χ1v) is 7.07. The lowest BCUT2D eigenvalue weighted by Crippen LogP contribution is -2.32. The van der Waals surface area contributed by atoms with Crippen LogP contribution < -0.4 is 5.32 Å². The van der Waals surface area contributed by atoms with Gasteiger partial charge in [0.2, 0.25) is 0 Å². The van der Waals surface area contributed by atoms with Gasteiger partial charge in [0.05, 0.1) is 18.8 Å². The molecule has 0 aliphatic heterocycles. The summed E-state index contributed by atoms with van der Waals surface area (Å²) in [6.45, 7) is 6.91. The average molecular weight is 316 g/mol. The van der Waals surface area contributed by atoms with Crippen molar-refractivity contribution in [3.63, 3.8) is 0 Å². The van der Waals surface area contributed by atoms with E-state index in [1.807, 2.05) is 26.0 Å². The van der Waals surface area contributed by atoms with Crippen molar-refractivity contribution in [1.29, 1.82) is 0 Å². The number of aliphatic hydroxyl groups is 1. The van der Waals surface area contributed by atoms with Gasteiger partial charge in [-0.2, -0.15) is 0 Å². The number of rotatable bonds is 7. The molecule has 18 heavy (non-hydrogen) atoms. The first kappa shape index (κ1) is 15.6. The molecule has 1 unspecified atom stereocenters. The molecule has 0 bridgehead atoms. The topological polar surface area (TPSA) is 41.5 Å². The fraction of sp³-hybridized carbons (Fsp3) is 0.571. The smallest absolute Gasteiger partial charge is 0.0898 e. The number of benzene rings is 1. The van der Waals surface area contributed by atoms with Crippen LogP contribution in [0.3, 0.4) is 0 Å². The lowest BCUT2D eigenvalue weighted by Gasteiger charge is -2.18. The van der Waals surface area contributed by atoms with Crippen molar-refractivity contribution in [2.75, 3.05) is 13.2 Å². The first-order chi connectivity index (χ1) is 8.49. The Morgan fingerprint density at radius 1 is 1.22 bits per heavy atom. The Kier molecular flexibility index (Phi) is 6.86. The van der Waals surface area contributed by atoms with Crippen LogP contribution in [0.5, 0.6) is 0 Å². The minimum atomic E-state index is -0.467. The molecule has 0 fully saturated rings. The molecule has 3 nitrogen and oxygen atoms in total. The molecule has 0 saturated heterocycles. The summed E-state index contributed by atoms with van der Waals surface area (Å²) in [7, 11) is 0. The van der Waals surface area contributed by atoms with Gasteiger partial charge < -0.3 is 15.2 Å². The van der Waals surface area contributed by atoms with Gasteiger partial charge in [-0.15, -0.1) is 0 Å². The number of aliphatic hydroxyl groups excluding tert-OH is 1. The van der Waals surface area contributed by atoms with Gasteiger partial charge in [-0.3, -0.25) is 0 Å². The molecule has 0 aliphatic carbocycles. The van der Waals surface area contributed by atoms with E-state index in [2.05, 4.69) is 40.3 Å². The van der Waals surface area contributed by atoms with Crippen LogP contribution in [0, 0.1) is 0 Å². The Labute approximate surface area is 118 Å². The summed E-state index contributed by atoms with van der Waals surface area (Å²) in [6.07, 6.45) is -0.311. The highest BCUT2D eigenvalue weighted by molar-refractivity contribution is 9.10. The Hall–Kier alpha value is -0.420. The van der Waals surface area contributed by atoms with E-state index in [1.165, 1.54) is 5.56 Å². The van der Waals surface area contributed by atoms with Crippen LogP contribution in [0.2, 0.25) is 0 Å². The molecule has 0 spiro atoms. The summed E-state index contributed by atoms with van der Waals surface area (Å²) < 4.78 is 6.43. The lowest BCUT2D eigenvalue weighted by atomic mass is 10.1. The second-order valence-corrected chi connectivity index (χ2v) is 5.63. The Morgan fingerprint density at radius 3 is 2.39 bits per heavy atom. The minimum Gasteiger partial charge on any atom is -0.389 e. The molecule has 0 heterocycles. The van der Waals surface area contributed by atoms with Crippen LogP contribution >= 0.6 is 15.9 Å². The van der Waals surface area contributed by atoms with E-state index in [0.29, 0.717) is 13.2 Å².